The first kappa shape index (κ1) is 14.6. The van der Waals surface area contributed by atoms with E-state index in [4.69, 9.17) is 5.73 Å². The molecule has 0 aliphatic heterocycles. The van der Waals surface area contributed by atoms with Gasteiger partial charge in [-0.15, -0.1) is 11.8 Å². The number of nitrogens with two attached hydrogens (primary N) is 1. The number of benzene rings is 1. The van der Waals surface area contributed by atoms with Crippen LogP contribution in [0.5, 0.6) is 0 Å². The lowest BCUT2D eigenvalue weighted by Crippen LogP contribution is -2.29. The van der Waals surface area contributed by atoms with Crippen molar-refractivity contribution >= 4 is 11.8 Å². The molecule has 3 N–H and O–H groups in total. The van der Waals surface area contributed by atoms with Crippen LogP contribution in [0.15, 0.2) is 40.8 Å². The van der Waals surface area contributed by atoms with Gasteiger partial charge in [0.2, 0.25) is 0 Å². The first-order valence-corrected chi connectivity index (χ1v) is 8.31. The zero-order chi connectivity index (χ0) is 13.5. The molecule has 19 heavy (non-hydrogen) atoms. The first-order valence-electron chi connectivity index (χ1n) is 7.09. The molecule has 1 unspecified atom stereocenters. The van der Waals surface area contributed by atoms with Gasteiger partial charge in [0.05, 0.1) is 0 Å². The Bertz CT molecular complexity index is 411. The van der Waals surface area contributed by atoms with E-state index in [1.54, 1.807) is 17.3 Å². The standard InChI is InChI=1S/C16H24N2S/c1-19-15-8-6-14(7-9-15)16(12-17)18-11-10-13-4-2-3-5-13/h4,6-9,16,18H,2-3,5,10-12,17H2,1H3. The lowest BCUT2D eigenvalue weighted by molar-refractivity contribution is 0.542. The second-order valence-corrected chi connectivity index (χ2v) is 5.90. The molecule has 104 valence electrons. The molecule has 3 heteroatoms. The average Bonchev–Trinajstić information content (AvgIpc) is 2.97. The highest BCUT2D eigenvalue weighted by atomic mass is 32.2. The highest BCUT2D eigenvalue weighted by Gasteiger charge is 2.10. The van der Waals surface area contributed by atoms with Crippen LogP contribution in [0, 0.1) is 0 Å². The van der Waals surface area contributed by atoms with Gasteiger partial charge >= 0.3 is 0 Å². The average molecular weight is 276 g/mol. The maximum Gasteiger partial charge on any atom is 0.0444 e. The van der Waals surface area contributed by atoms with E-state index in [0.717, 1.165) is 6.54 Å². The van der Waals surface area contributed by atoms with Gasteiger partial charge in [-0.05, 0) is 56.2 Å². The summed E-state index contributed by atoms with van der Waals surface area (Å²) in [4.78, 5) is 1.30. The van der Waals surface area contributed by atoms with E-state index >= 15 is 0 Å². The maximum absolute atomic E-state index is 5.89. The molecule has 0 aromatic heterocycles. The van der Waals surface area contributed by atoms with Crippen LogP contribution >= 0.6 is 11.8 Å². The van der Waals surface area contributed by atoms with E-state index in [2.05, 4.69) is 41.9 Å². The summed E-state index contributed by atoms with van der Waals surface area (Å²) in [5.74, 6) is 0. The van der Waals surface area contributed by atoms with Crippen molar-refractivity contribution in [3.8, 4) is 0 Å². The predicted molar refractivity (Wildman–Crippen MR) is 84.6 cm³/mol. The summed E-state index contributed by atoms with van der Waals surface area (Å²) in [5, 5.41) is 3.58. The van der Waals surface area contributed by atoms with Gasteiger partial charge in [-0.1, -0.05) is 23.8 Å². The Morgan fingerprint density at radius 1 is 1.32 bits per heavy atom. The number of hydrogen-bond acceptors (Lipinski definition) is 3. The van der Waals surface area contributed by atoms with E-state index in [-0.39, 0.29) is 6.04 Å². The molecular weight excluding hydrogens is 252 g/mol. The van der Waals surface area contributed by atoms with Gasteiger partial charge in [-0.25, -0.2) is 0 Å². The van der Waals surface area contributed by atoms with Crippen molar-refractivity contribution in [2.45, 2.75) is 36.6 Å². The minimum Gasteiger partial charge on any atom is -0.329 e. The molecule has 0 fully saturated rings. The zero-order valence-electron chi connectivity index (χ0n) is 11.7. The first-order chi connectivity index (χ1) is 9.33. The summed E-state index contributed by atoms with van der Waals surface area (Å²) in [5.41, 5.74) is 8.79. The molecule has 2 nitrogen and oxygen atoms in total. The fourth-order valence-corrected chi connectivity index (χ4v) is 2.95. The molecule has 0 heterocycles. The highest BCUT2D eigenvalue weighted by molar-refractivity contribution is 7.98. The molecule has 0 amide bonds. The van der Waals surface area contributed by atoms with E-state index in [1.165, 1.54) is 36.1 Å². The summed E-state index contributed by atoms with van der Waals surface area (Å²) >= 11 is 1.77. The van der Waals surface area contributed by atoms with Crippen LogP contribution < -0.4 is 11.1 Å². The monoisotopic (exact) mass is 276 g/mol. The van der Waals surface area contributed by atoms with E-state index in [1.807, 2.05) is 0 Å². The van der Waals surface area contributed by atoms with Crippen LogP contribution in [0.25, 0.3) is 0 Å². The molecule has 1 aromatic carbocycles. The summed E-state index contributed by atoms with van der Waals surface area (Å²) in [6, 6.07) is 8.99. The molecule has 1 atom stereocenters. The van der Waals surface area contributed by atoms with Crippen molar-refractivity contribution in [1.29, 1.82) is 0 Å². The van der Waals surface area contributed by atoms with E-state index in [0.29, 0.717) is 6.54 Å². The number of nitrogens with one attached hydrogen (secondary N) is 1. The fraction of sp³-hybridized carbons (Fsp3) is 0.500. The van der Waals surface area contributed by atoms with Gasteiger partial charge in [-0.3, -0.25) is 0 Å². The maximum atomic E-state index is 5.89. The normalized spacial score (nSPS) is 16.4. The van der Waals surface area contributed by atoms with Crippen LogP contribution in [-0.4, -0.2) is 19.3 Å². The minimum atomic E-state index is 0.276. The molecule has 0 saturated heterocycles. The molecule has 1 aliphatic carbocycles. The lowest BCUT2D eigenvalue weighted by atomic mass is 10.1. The van der Waals surface area contributed by atoms with Gasteiger partial charge in [0.1, 0.15) is 0 Å². The summed E-state index contributed by atoms with van der Waals surface area (Å²) < 4.78 is 0. The predicted octanol–water partition coefficient (Wildman–Crippen LogP) is 3.50. The SMILES string of the molecule is CSc1ccc(C(CN)NCCC2=CCCC2)cc1. The number of hydrogen-bond donors (Lipinski definition) is 2. The largest absolute Gasteiger partial charge is 0.329 e. The Hall–Kier alpha value is -0.770. The molecule has 1 aromatic rings. The smallest absolute Gasteiger partial charge is 0.0444 e. The van der Waals surface area contributed by atoms with Crippen molar-refractivity contribution in [3.63, 3.8) is 0 Å². The Morgan fingerprint density at radius 3 is 2.68 bits per heavy atom. The minimum absolute atomic E-state index is 0.276. The summed E-state index contributed by atoms with van der Waals surface area (Å²) in [6.07, 6.45) is 9.56. The van der Waals surface area contributed by atoms with Gasteiger partial charge in [0.15, 0.2) is 0 Å². The van der Waals surface area contributed by atoms with Crippen LogP contribution in [-0.2, 0) is 0 Å². The Kier molecular flexibility index (Phi) is 5.95. The van der Waals surface area contributed by atoms with Crippen LogP contribution in [0.3, 0.4) is 0 Å². The second-order valence-electron chi connectivity index (χ2n) is 5.02. The van der Waals surface area contributed by atoms with Crippen molar-refractivity contribution in [3.05, 3.63) is 41.5 Å². The topological polar surface area (TPSA) is 38.0 Å². The quantitative estimate of drug-likeness (QED) is 0.591. The molecule has 2 rings (SSSR count). The van der Waals surface area contributed by atoms with Gasteiger partial charge in [0, 0.05) is 17.5 Å². The van der Waals surface area contributed by atoms with Gasteiger partial charge in [-0.2, -0.15) is 0 Å². The van der Waals surface area contributed by atoms with E-state index < -0.39 is 0 Å². The van der Waals surface area contributed by atoms with Crippen molar-refractivity contribution in [2.75, 3.05) is 19.3 Å². The highest BCUT2D eigenvalue weighted by Crippen LogP contribution is 2.21. The third-order valence-electron chi connectivity index (χ3n) is 3.73. The van der Waals surface area contributed by atoms with Gasteiger partial charge < -0.3 is 11.1 Å². The molecular formula is C16H24N2S. The van der Waals surface area contributed by atoms with Crippen LogP contribution in [0.1, 0.15) is 37.3 Å². The second kappa shape index (κ2) is 7.73. The van der Waals surface area contributed by atoms with Crippen molar-refractivity contribution in [1.82, 2.24) is 5.32 Å². The Morgan fingerprint density at radius 2 is 2.11 bits per heavy atom. The van der Waals surface area contributed by atoms with Crippen LogP contribution in [0.4, 0.5) is 0 Å². The number of allylic oxidation sites excluding steroid dienone is 1. The third-order valence-corrected chi connectivity index (χ3v) is 4.47. The molecule has 0 radical (unpaired) electrons. The van der Waals surface area contributed by atoms with Crippen LogP contribution in [0.2, 0.25) is 0 Å². The number of thioether (sulfide) groups is 1. The third kappa shape index (κ3) is 4.37. The summed E-state index contributed by atoms with van der Waals surface area (Å²) in [6.45, 7) is 1.68. The molecule has 0 bridgehead atoms. The van der Waals surface area contributed by atoms with Crippen molar-refractivity contribution in [2.24, 2.45) is 5.73 Å². The number of rotatable bonds is 7. The summed E-state index contributed by atoms with van der Waals surface area (Å²) in [7, 11) is 0. The zero-order valence-corrected chi connectivity index (χ0v) is 12.5. The van der Waals surface area contributed by atoms with Gasteiger partial charge in [0.25, 0.3) is 0 Å². The molecule has 1 aliphatic rings. The molecule has 0 saturated carbocycles. The van der Waals surface area contributed by atoms with Crippen molar-refractivity contribution < 1.29 is 0 Å². The Labute approximate surface area is 120 Å². The fourth-order valence-electron chi connectivity index (χ4n) is 2.54. The lowest BCUT2D eigenvalue weighted by Gasteiger charge is -2.18. The Balaban J connectivity index is 1.84. The van der Waals surface area contributed by atoms with E-state index in [9.17, 15) is 0 Å². The molecule has 0 spiro atoms.